The smallest absolute Gasteiger partial charge is 0.410 e. The van der Waals surface area contributed by atoms with Crippen molar-refractivity contribution in [3.05, 3.63) is 0 Å². The van der Waals surface area contributed by atoms with Gasteiger partial charge < -0.3 is 14.1 Å². The van der Waals surface area contributed by atoms with Gasteiger partial charge in [0.2, 0.25) is 8.32 Å². The molecule has 5 nitrogen and oxygen atoms in total. The maximum atomic E-state index is 13.6. The third-order valence-corrected chi connectivity index (χ3v) is 15.9. The molecule has 3 aliphatic rings. The largest absolute Gasteiger partial charge is 0.444 e. The Bertz CT molecular complexity index is 767. The molecule has 1 heterocycles. The number of ether oxygens (including phenoxy) is 1. The van der Waals surface area contributed by atoms with Crippen LogP contribution in [0.5, 0.6) is 0 Å². The van der Waals surface area contributed by atoms with Crippen LogP contribution in [-0.2, 0) is 14.0 Å². The van der Waals surface area contributed by atoms with Crippen LogP contribution in [0.4, 0.5) is 4.79 Å². The van der Waals surface area contributed by atoms with E-state index in [0.29, 0.717) is 47.3 Å². The van der Waals surface area contributed by atoms with E-state index < -0.39 is 13.9 Å². The average molecular weight is 522 g/mol. The molecule has 3 rings (SSSR count). The molecule has 1 saturated heterocycles. The number of carbonyl (C=O) groups is 2. The molecule has 36 heavy (non-hydrogen) atoms. The Balaban J connectivity index is 1.97. The summed E-state index contributed by atoms with van der Waals surface area (Å²) in [5, 5.41) is 0. The Kier molecular flexibility index (Phi) is 9.13. The second kappa shape index (κ2) is 11.1. The summed E-state index contributed by atoms with van der Waals surface area (Å²) in [6.07, 6.45) is 6.46. The summed E-state index contributed by atoms with van der Waals surface area (Å²) in [4.78, 5) is 28.4. The minimum absolute atomic E-state index is 0.0665. The Morgan fingerprint density at radius 3 is 2.14 bits per heavy atom. The molecular weight excluding hydrogens is 466 g/mol. The summed E-state index contributed by atoms with van der Waals surface area (Å²) >= 11 is 0. The maximum Gasteiger partial charge on any atom is 0.410 e. The monoisotopic (exact) mass is 521 g/mol. The number of hydrogen-bond acceptors (Lipinski definition) is 4. The number of Topliss-reactive ketones (excluding diaryl/α,β-unsaturated/α-hetero) is 1. The molecule has 0 aromatic heterocycles. The molecule has 4 unspecified atom stereocenters. The normalized spacial score (nSPS) is 32.2. The molecule has 0 aromatic carbocycles. The Labute approximate surface area is 222 Å². The highest BCUT2D eigenvalue weighted by Crippen LogP contribution is 2.62. The zero-order chi connectivity index (χ0) is 27.1. The molecule has 2 saturated carbocycles. The fourth-order valence-electron chi connectivity index (χ4n) is 8.58. The van der Waals surface area contributed by atoms with Gasteiger partial charge in [-0.25, -0.2) is 4.79 Å². The first-order valence-electron chi connectivity index (χ1n) is 14.8. The number of carbonyl (C=O) groups excluding carboxylic acids is 2. The van der Waals surface area contributed by atoms with E-state index in [1.54, 1.807) is 0 Å². The first-order chi connectivity index (χ1) is 16.6. The molecule has 5 atom stereocenters. The summed E-state index contributed by atoms with van der Waals surface area (Å²) < 4.78 is 13.3. The third-order valence-electron chi connectivity index (χ3n) is 9.81. The summed E-state index contributed by atoms with van der Waals surface area (Å²) in [5.41, 5.74) is 1.00. The highest BCUT2D eigenvalue weighted by atomic mass is 28.4. The van der Waals surface area contributed by atoms with E-state index >= 15 is 0 Å². The van der Waals surface area contributed by atoms with Crippen LogP contribution in [0.2, 0.25) is 16.6 Å². The van der Waals surface area contributed by atoms with Crippen LogP contribution in [0.15, 0.2) is 0 Å². The van der Waals surface area contributed by atoms with Gasteiger partial charge in [-0.05, 0) is 87.8 Å². The first-order valence-corrected chi connectivity index (χ1v) is 17.0. The number of nitrogens with zero attached hydrogens (tertiary/aromatic N) is 1. The molecule has 6 heteroatoms. The highest BCUT2D eigenvalue weighted by Gasteiger charge is 2.62. The zero-order valence-electron chi connectivity index (χ0n) is 25.0. The van der Waals surface area contributed by atoms with Crippen molar-refractivity contribution < 1.29 is 18.8 Å². The van der Waals surface area contributed by atoms with Crippen LogP contribution in [0.1, 0.15) is 114 Å². The standard InChI is InChI=1S/C30H55NO4Si/c1-20(2)36(21(3)4,22(5)6)35-27-18-23(7)17-24-19-26(32)25-13-11-15-31(16-12-14-30(24,25)27)28(33)34-29(8,9)10/h20-25,27H,11-19H2,1-10H3/t23?,24?,25-,27?,30?/m0/s1. The lowest BCUT2D eigenvalue weighted by atomic mass is 9.57. The second-order valence-electron chi connectivity index (χ2n) is 14.2. The lowest BCUT2D eigenvalue weighted by Gasteiger charge is -2.55. The van der Waals surface area contributed by atoms with Crippen molar-refractivity contribution in [2.75, 3.05) is 13.1 Å². The van der Waals surface area contributed by atoms with Crippen LogP contribution in [0.3, 0.4) is 0 Å². The molecule has 1 amide bonds. The first kappa shape index (κ1) is 29.7. The molecule has 1 spiro atoms. The number of ketones is 1. The third kappa shape index (κ3) is 5.60. The minimum atomic E-state index is -2.10. The van der Waals surface area contributed by atoms with E-state index in [0.717, 1.165) is 44.9 Å². The number of hydrogen-bond donors (Lipinski definition) is 0. The molecular formula is C30H55NO4Si. The molecule has 2 aliphatic carbocycles. The van der Waals surface area contributed by atoms with Crippen molar-refractivity contribution in [1.29, 1.82) is 0 Å². The molecule has 0 N–H and O–H groups in total. The van der Waals surface area contributed by atoms with Gasteiger partial charge in [0, 0.05) is 30.8 Å². The highest BCUT2D eigenvalue weighted by molar-refractivity contribution is 6.77. The predicted molar refractivity (Wildman–Crippen MR) is 150 cm³/mol. The quantitative estimate of drug-likeness (QED) is 0.344. The van der Waals surface area contributed by atoms with Crippen molar-refractivity contribution >= 4 is 20.2 Å². The van der Waals surface area contributed by atoms with Crippen molar-refractivity contribution in [1.82, 2.24) is 4.90 Å². The topological polar surface area (TPSA) is 55.8 Å². The lowest BCUT2D eigenvalue weighted by Crippen LogP contribution is -2.58. The number of rotatable bonds is 5. The Hall–Kier alpha value is -0.883. The van der Waals surface area contributed by atoms with Crippen LogP contribution in [0, 0.1) is 23.2 Å². The molecule has 1 aliphatic heterocycles. The van der Waals surface area contributed by atoms with Crippen molar-refractivity contribution in [3.63, 3.8) is 0 Å². The van der Waals surface area contributed by atoms with Crippen LogP contribution in [0.25, 0.3) is 0 Å². The van der Waals surface area contributed by atoms with Gasteiger partial charge in [-0.2, -0.15) is 0 Å². The van der Waals surface area contributed by atoms with Crippen LogP contribution in [-0.4, -0.2) is 49.9 Å². The van der Waals surface area contributed by atoms with E-state index in [9.17, 15) is 9.59 Å². The molecule has 3 fully saturated rings. The van der Waals surface area contributed by atoms with Crippen LogP contribution >= 0.6 is 0 Å². The van der Waals surface area contributed by atoms with E-state index in [-0.39, 0.29) is 23.5 Å². The van der Waals surface area contributed by atoms with Gasteiger partial charge in [0.1, 0.15) is 11.4 Å². The van der Waals surface area contributed by atoms with Gasteiger partial charge in [0.25, 0.3) is 0 Å². The maximum absolute atomic E-state index is 13.6. The van der Waals surface area contributed by atoms with Crippen molar-refractivity contribution in [2.45, 2.75) is 143 Å². The van der Waals surface area contributed by atoms with Gasteiger partial charge in [0.05, 0.1) is 6.10 Å². The van der Waals surface area contributed by atoms with Crippen LogP contribution < -0.4 is 0 Å². The molecule has 0 radical (unpaired) electrons. The predicted octanol–water partition coefficient (Wildman–Crippen LogP) is 7.98. The SMILES string of the molecule is CC1CC2CC(=O)[C@@H]3CCCN(C(=O)OC(C)(C)C)CCCC23C(O[Si](C(C)C)(C(C)C)C(C)C)C1. The Morgan fingerprint density at radius 1 is 1.00 bits per heavy atom. The van der Waals surface area contributed by atoms with Gasteiger partial charge in [-0.15, -0.1) is 0 Å². The Morgan fingerprint density at radius 2 is 1.58 bits per heavy atom. The van der Waals surface area contributed by atoms with E-state index in [2.05, 4.69) is 48.5 Å². The lowest BCUT2D eigenvalue weighted by molar-refractivity contribution is -0.127. The zero-order valence-corrected chi connectivity index (χ0v) is 26.0. The fourth-order valence-corrected chi connectivity index (χ4v) is 14.2. The van der Waals surface area contributed by atoms with Gasteiger partial charge >= 0.3 is 6.09 Å². The van der Waals surface area contributed by atoms with Gasteiger partial charge in [-0.1, -0.05) is 48.5 Å². The van der Waals surface area contributed by atoms with E-state index in [1.165, 1.54) is 0 Å². The summed E-state index contributed by atoms with van der Waals surface area (Å²) in [6.45, 7) is 23.7. The fraction of sp³-hybridized carbons (Fsp3) is 0.933. The molecule has 0 bridgehead atoms. The van der Waals surface area contributed by atoms with E-state index in [4.69, 9.17) is 9.16 Å². The van der Waals surface area contributed by atoms with E-state index in [1.807, 2.05) is 25.7 Å². The number of amides is 1. The molecule has 0 aromatic rings. The van der Waals surface area contributed by atoms with Crippen molar-refractivity contribution in [3.8, 4) is 0 Å². The second-order valence-corrected chi connectivity index (χ2v) is 19.7. The summed E-state index contributed by atoms with van der Waals surface area (Å²) in [6, 6.07) is 0. The average Bonchev–Trinajstić information content (AvgIpc) is 3.04. The van der Waals surface area contributed by atoms with Crippen molar-refractivity contribution in [2.24, 2.45) is 23.2 Å². The summed E-state index contributed by atoms with van der Waals surface area (Å²) in [5.74, 6) is 1.52. The minimum Gasteiger partial charge on any atom is -0.444 e. The molecule has 208 valence electrons. The summed E-state index contributed by atoms with van der Waals surface area (Å²) in [7, 11) is -2.10. The van der Waals surface area contributed by atoms with Gasteiger partial charge in [0.15, 0.2) is 0 Å². The van der Waals surface area contributed by atoms with Gasteiger partial charge in [-0.3, -0.25) is 4.79 Å².